The highest BCUT2D eigenvalue weighted by molar-refractivity contribution is 7.94. The summed E-state index contributed by atoms with van der Waals surface area (Å²) in [6, 6.07) is 5.87. The number of benzene rings is 1. The summed E-state index contributed by atoms with van der Waals surface area (Å²) in [7, 11) is -3.51. The fourth-order valence-electron chi connectivity index (χ4n) is 5.09. The Kier molecular flexibility index (Phi) is 6.74. The maximum absolute atomic E-state index is 12.5. The normalized spacial score (nSPS) is 34.7. The number of allylic oxidation sites excluding steroid dienone is 2. The zero-order chi connectivity index (χ0) is 24.0. The number of hydrogen-bond acceptors (Lipinski definition) is 8. The third-order valence-electron chi connectivity index (χ3n) is 6.86. The number of fused-ring (bicyclic) bond motifs is 1. The van der Waals surface area contributed by atoms with Crippen LogP contribution in [0.1, 0.15) is 30.9 Å². The fraction of sp³-hybridized carbons (Fsp3) is 0.583. The molecule has 1 aromatic carbocycles. The smallest absolute Gasteiger partial charge is 0.175 e. The summed E-state index contributed by atoms with van der Waals surface area (Å²) in [5.41, 5.74) is 1.75. The van der Waals surface area contributed by atoms with E-state index in [1.165, 1.54) is 6.26 Å². The van der Waals surface area contributed by atoms with Crippen LogP contribution in [0.15, 0.2) is 40.8 Å². The van der Waals surface area contributed by atoms with Crippen LogP contribution in [0.5, 0.6) is 5.75 Å². The number of hydrogen-bond donors (Lipinski definition) is 4. The van der Waals surface area contributed by atoms with Crippen molar-refractivity contribution in [1.29, 1.82) is 0 Å². The largest absolute Gasteiger partial charge is 0.493 e. The maximum Gasteiger partial charge on any atom is 0.175 e. The Morgan fingerprint density at radius 1 is 1.15 bits per heavy atom. The zero-order valence-corrected chi connectivity index (χ0v) is 19.7. The third kappa shape index (κ3) is 4.76. The molecule has 9 heteroatoms. The van der Waals surface area contributed by atoms with E-state index in [0.717, 1.165) is 29.7 Å². The molecule has 1 aromatic rings. The Bertz CT molecular complexity index is 1060. The highest BCUT2D eigenvalue weighted by Crippen LogP contribution is 2.44. The summed E-state index contributed by atoms with van der Waals surface area (Å²) in [6.45, 7) is 1.99. The van der Waals surface area contributed by atoms with Gasteiger partial charge in [-0.1, -0.05) is 31.2 Å². The highest BCUT2D eigenvalue weighted by atomic mass is 32.2. The second-order valence-corrected chi connectivity index (χ2v) is 11.5. The van der Waals surface area contributed by atoms with Crippen molar-refractivity contribution in [2.45, 2.75) is 63.1 Å². The van der Waals surface area contributed by atoms with Crippen molar-refractivity contribution in [2.75, 3.05) is 19.5 Å². The van der Waals surface area contributed by atoms with Gasteiger partial charge in [-0.25, -0.2) is 8.42 Å². The van der Waals surface area contributed by atoms with Gasteiger partial charge >= 0.3 is 0 Å². The SMILES string of the molecule is CC1([C@@H]2O[C@H](CO)[C@@H](O)[C@H](O)[C@H]2O)C=C(Cc2ccc3c(c2)CCCO3)C(S(C)(=O)=O)=CC1. The second-order valence-electron chi connectivity index (χ2n) is 9.54. The molecule has 4 N–H and O–H groups in total. The molecule has 33 heavy (non-hydrogen) atoms. The average Bonchev–Trinajstić information content (AvgIpc) is 2.76. The first-order chi connectivity index (χ1) is 15.5. The first-order valence-corrected chi connectivity index (χ1v) is 13.1. The average molecular weight is 481 g/mol. The van der Waals surface area contributed by atoms with Crippen molar-refractivity contribution in [3.63, 3.8) is 0 Å². The van der Waals surface area contributed by atoms with Crippen molar-refractivity contribution in [1.82, 2.24) is 0 Å². The van der Waals surface area contributed by atoms with Gasteiger partial charge in [0.15, 0.2) is 9.84 Å². The molecule has 1 aliphatic carbocycles. The van der Waals surface area contributed by atoms with Gasteiger partial charge in [0.1, 0.15) is 30.2 Å². The first kappa shape index (κ1) is 24.4. The number of rotatable bonds is 5. The minimum atomic E-state index is -3.51. The van der Waals surface area contributed by atoms with Crippen molar-refractivity contribution in [2.24, 2.45) is 5.41 Å². The van der Waals surface area contributed by atoms with Crippen molar-refractivity contribution < 1.29 is 38.3 Å². The van der Waals surface area contributed by atoms with E-state index < -0.39 is 52.4 Å². The van der Waals surface area contributed by atoms with Crippen LogP contribution in [-0.2, 0) is 27.4 Å². The molecule has 0 bridgehead atoms. The predicted molar refractivity (Wildman–Crippen MR) is 121 cm³/mol. The molecule has 0 aromatic heterocycles. The van der Waals surface area contributed by atoms with Gasteiger partial charge in [0.25, 0.3) is 0 Å². The second kappa shape index (κ2) is 9.13. The van der Waals surface area contributed by atoms with E-state index in [9.17, 15) is 28.8 Å². The number of sulfone groups is 1. The fourth-order valence-corrected chi connectivity index (χ4v) is 6.08. The maximum atomic E-state index is 12.5. The summed E-state index contributed by atoms with van der Waals surface area (Å²) in [6.07, 6.45) is 0.733. The summed E-state index contributed by atoms with van der Waals surface area (Å²) in [5, 5.41) is 40.6. The molecular formula is C24H32O8S. The molecule has 6 atom stereocenters. The van der Waals surface area contributed by atoms with E-state index in [1.54, 1.807) is 12.2 Å². The van der Waals surface area contributed by atoms with Crippen LogP contribution < -0.4 is 4.74 Å². The quantitative estimate of drug-likeness (QED) is 0.483. The number of aliphatic hydroxyl groups is 4. The summed E-state index contributed by atoms with van der Waals surface area (Å²) in [5.74, 6) is 0.854. The van der Waals surface area contributed by atoms with Gasteiger partial charge in [0.2, 0.25) is 0 Å². The van der Waals surface area contributed by atoms with Crippen LogP contribution in [0.25, 0.3) is 0 Å². The lowest BCUT2D eigenvalue weighted by Crippen LogP contribution is -2.62. The summed E-state index contributed by atoms with van der Waals surface area (Å²) in [4.78, 5) is 0.235. The van der Waals surface area contributed by atoms with Crippen LogP contribution in [0.4, 0.5) is 0 Å². The first-order valence-electron chi connectivity index (χ1n) is 11.2. The Hall–Kier alpha value is -1.75. The minimum Gasteiger partial charge on any atom is -0.493 e. The van der Waals surface area contributed by atoms with Crippen LogP contribution in [-0.4, -0.2) is 78.8 Å². The third-order valence-corrected chi connectivity index (χ3v) is 8.08. The molecule has 182 valence electrons. The molecule has 8 nitrogen and oxygen atoms in total. The van der Waals surface area contributed by atoms with Gasteiger partial charge in [0, 0.05) is 11.7 Å². The van der Waals surface area contributed by atoms with Gasteiger partial charge in [-0.15, -0.1) is 0 Å². The number of aryl methyl sites for hydroxylation is 1. The molecule has 1 unspecified atom stereocenters. The molecule has 2 heterocycles. The van der Waals surface area contributed by atoms with Gasteiger partial charge < -0.3 is 29.9 Å². The molecule has 0 spiro atoms. The van der Waals surface area contributed by atoms with E-state index in [-0.39, 0.29) is 11.3 Å². The minimum absolute atomic E-state index is 0.235. The predicted octanol–water partition coefficient (Wildman–Crippen LogP) is 0.661. The lowest BCUT2D eigenvalue weighted by molar-refractivity contribution is -0.248. The van der Waals surface area contributed by atoms with Crippen LogP contribution in [0.2, 0.25) is 0 Å². The van der Waals surface area contributed by atoms with Crippen LogP contribution in [0.3, 0.4) is 0 Å². The molecule has 2 aliphatic heterocycles. The van der Waals surface area contributed by atoms with Gasteiger partial charge in [0.05, 0.1) is 24.2 Å². The monoisotopic (exact) mass is 480 g/mol. The molecule has 1 fully saturated rings. The van der Waals surface area contributed by atoms with E-state index in [2.05, 4.69) is 0 Å². The lowest BCUT2D eigenvalue weighted by atomic mass is 9.71. The molecule has 0 radical (unpaired) electrons. The van der Waals surface area contributed by atoms with E-state index in [4.69, 9.17) is 9.47 Å². The zero-order valence-electron chi connectivity index (χ0n) is 18.8. The molecule has 1 saturated heterocycles. The van der Waals surface area contributed by atoms with E-state index >= 15 is 0 Å². The van der Waals surface area contributed by atoms with E-state index in [0.29, 0.717) is 18.6 Å². The van der Waals surface area contributed by atoms with Crippen molar-refractivity contribution in [3.8, 4) is 5.75 Å². The van der Waals surface area contributed by atoms with Crippen molar-refractivity contribution in [3.05, 3.63) is 52.0 Å². The molecule has 4 rings (SSSR count). The Morgan fingerprint density at radius 2 is 1.91 bits per heavy atom. The highest BCUT2D eigenvalue weighted by Gasteiger charge is 2.50. The topological polar surface area (TPSA) is 134 Å². The summed E-state index contributed by atoms with van der Waals surface area (Å²) < 4.78 is 36.6. The number of ether oxygens (including phenoxy) is 2. The van der Waals surface area contributed by atoms with Gasteiger partial charge in [-0.2, -0.15) is 0 Å². The lowest BCUT2D eigenvalue weighted by Gasteiger charge is -2.47. The standard InChI is InChI=1S/C24H32O8S/c1-24(23-22(28)21(27)20(26)18(13-25)32-23)8-7-19(33(2,29)30)16(12-24)11-14-5-6-17-15(10-14)4-3-9-31-17/h5-7,10,12,18,20-23,25-28H,3-4,8-9,11,13H2,1-2H3/t18-,20-,21+,22-,23-,24?/m1/s1. The van der Waals surface area contributed by atoms with Crippen LogP contribution in [0, 0.1) is 5.41 Å². The molecule has 3 aliphatic rings. The van der Waals surface area contributed by atoms with Crippen LogP contribution >= 0.6 is 0 Å². The molecule has 0 amide bonds. The Balaban J connectivity index is 1.69. The Labute approximate surface area is 194 Å². The Morgan fingerprint density at radius 3 is 2.61 bits per heavy atom. The van der Waals surface area contributed by atoms with Gasteiger partial charge in [-0.05, 0) is 48.4 Å². The summed E-state index contributed by atoms with van der Waals surface area (Å²) >= 11 is 0. The van der Waals surface area contributed by atoms with Gasteiger partial charge in [-0.3, -0.25) is 0 Å². The number of aliphatic hydroxyl groups excluding tert-OH is 4. The molecular weight excluding hydrogens is 448 g/mol. The van der Waals surface area contributed by atoms with Crippen molar-refractivity contribution >= 4 is 9.84 Å². The molecule has 0 saturated carbocycles. The van der Waals surface area contributed by atoms with E-state index in [1.807, 2.05) is 25.1 Å².